The van der Waals surface area contributed by atoms with Crippen molar-refractivity contribution in [3.63, 3.8) is 0 Å². The lowest BCUT2D eigenvalue weighted by Crippen LogP contribution is -2.05. The molecule has 0 heterocycles. The number of hydrogen-bond donors (Lipinski definition) is 0. The Kier molecular flexibility index (Phi) is 5.28. The molecule has 0 spiro atoms. The van der Waals surface area contributed by atoms with E-state index in [4.69, 9.17) is 9.62 Å². The van der Waals surface area contributed by atoms with E-state index in [0.29, 0.717) is 13.2 Å². The lowest BCUT2D eigenvalue weighted by Gasteiger charge is -2.04. The summed E-state index contributed by atoms with van der Waals surface area (Å²) in [6.07, 6.45) is 3.22. The third-order valence-electron chi connectivity index (χ3n) is 1.44. The molecule has 3 heteroatoms. The van der Waals surface area contributed by atoms with Gasteiger partial charge in [0.05, 0.1) is 0 Å². The minimum atomic E-state index is 0.402. The molecule has 14 heavy (non-hydrogen) atoms. The third-order valence-corrected chi connectivity index (χ3v) is 1.44. The lowest BCUT2D eigenvalue weighted by atomic mass is 10.3. The van der Waals surface area contributed by atoms with Gasteiger partial charge in [0.1, 0.15) is 25.2 Å². The molecular weight excluding hydrogens is 180 g/mol. The molecule has 0 atom stereocenters. The molecule has 1 aromatic carbocycles. The van der Waals surface area contributed by atoms with E-state index in [9.17, 15) is 0 Å². The number of allylic oxidation sites excluding steroid dienone is 1. The second kappa shape index (κ2) is 6.97. The van der Waals surface area contributed by atoms with Gasteiger partial charge in [-0.25, -0.2) is 0 Å². The minimum absolute atomic E-state index is 0.402. The van der Waals surface area contributed by atoms with Crippen molar-refractivity contribution in [3.05, 3.63) is 42.7 Å². The number of hydrogen-bond acceptors (Lipinski definition) is 3. The molecule has 0 radical (unpaired) electrons. The maximum absolute atomic E-state index is 5.36. The topological polar surface area (TPSA) is 27.7 Å². The van der Waals surface area contributed by atoms with Crippen molar-refractivity contribution in [1.29, 1.82) is 0 Å². The summed E-state index contributed by atoms with van der Waals surface area (Å²) < 4.78 is 5.36. The molecule has 0 aliphatic heterocycles. The smallest absolute Gasteiger partial charge is 0.128 e. The second-order valence-electron chi connectivity index (χ2n) is 2.55. The number of ether oxygens (including phenoxy) is 1. The average molecular weight is 194 g/mol. The molecule has 0 amide bonds. The Morgan fingerprint density at radius 3 is 2.64 bits per heavy atom. The van der Waals surface area contributed by atoms with Crippen LogP contribution in [0.5, 0.6) is 5.75 Å². The van der Waals surface area contributed by atoms with E-state index >= 15 is 0 Å². The van der Waals surface area contributed by atoms with Crippen LogP contribution in [-0.4, -0.2) is 13.2 Å². The van der Waals surface area contributed by atoms with E-state index in [1.807, 2.05) is 37.3 Å². The zero-order valence-electron chi connectivity index (χ0n) is 8.18. The van der Waals surface area contributed by atoms with Gasteiger partial charge >= 0.3 is 0 Å². The van der Waals surface area contributed by atoms with Crippen LogP contribution in [0, 0.1) is 0 Å². The molecule has 0 unspecified atom stereocenters. The van der Waals surface area contributed by atoms with E-state index in [-0.39, 0.29) is 0 Å². The third kappa shape index (κ3) is 4.52. The summed E-state index contributed by atoms with van der Waals surface area (Å²) in [7, 11) is 0. The van der Waals surface area contributed by atoms with Crippen LogP contribution in [0.3, 0.4) is 0 Å². The first-order valence-corrected chi connectivity index (χ1v) is 4.51. The van der Waals surface area contributed by atoms with Crippen molar-refractivity contribution in [3.8, 4) is 5.75 Å². The van der Waals surface area contributed by atoms with Crippen molar-refractivity contribution in [2.24, 2.45) is 0 Å². The highest BCUT2D eigenvalue weighted by atomic mass is 17.2. The van der Waals surface area contributed by atoms with Crippen molar-refractivity contribution in [2.45, 2.75) is 6.92 Å². The standard InChI is InChI=1S/C11H14O3/c1-2-8-13-14-10-9-12-11-6-4-3-5-7-11/h2-8H,9-10H2,1H3/b8-2-. The van der Waals surface area contributed by atoms with Crippen LogP contribution < -0.4 is 4.74 Å². The van der Waals surface area contributed by atoms with Crippen molar-refractivity contribution in [1.82, 2.24) is 0 Å². The summed E-state index contributed by atoms with van der Waals surface area (Å²) in [4.78, 5) is 9.44. The van der Waals surface area contributed by atoms with E-state index in [1.54, 1.807) is 6.08 Å². The monoisotopic (exact) mass is 194 g/mol. The van der Waals surface area contributed by atoms with Gasteiger partial charge in [0.25, 0.3) is 0 Å². The van der Waals surface area contributed by atoms with Gasteiger partial charge in [-0.05, 0) is 25.1 Å². The second-order valence-corrected chi connectivity index (χ2v) is 2.55. The van der Waals surface area contributed by atoms with Crippen LogP contribution in [0.25, 0.3) is 0 Å². The summed E-state index contributed by atoms with van der Waals surface area (Å²) in [5.74, 6) is 0.835. The molecule has 0 aliphatic rings. The van der Waals surface area contributed by atoms with Gasteiger partial charge < -0.3 is 9.62 Å². The Bertz CT molecular complexity index is 256. The Morgan fingerprint density at radius 2 is 1.93 bits per heavy atom. The molecule has 1 aromatic rings. The van der Waals surface area contributed by atoms with Gasteiger partial charge in [-0.1, -0.05) is 18.2 Å². The minimum Gasteiger partial charge on any atom is -0.491 e. The van der Waals surface area contributed by atoms with Crippen LogP contribution in [0.15, 0.2) is 42.7 Å². The molecule has 1 rings (SSSR count). The van der Waals surface area contributed by atoms with Gasteiger partial charge in [0.2, 0.25) is 0 Å². The van der Waals surface area contributed by atoms with Gasteiger partial charge in [0, 0.05) is 0 Å². The predicted molar refractivity (Wildman–Crippen MR) is 53.8 cm³/mol. The van der Waals surface area contributed by atoms with Crippen LogP contribution in [0.1, 0.15) is 6.92 Å². The van der Waals surface area contributed by atoms with E-state index in [2.05, 4.69) is 4.89 Å². The van der Waals surface area contributed by atoms with E-state index in [0.717, 1.165) is 5.75 Å². The predicted octanol–water partition coefficient (Wildman–Crippen LogP) is 2.55. The Labute approximate surface area is 83.8 Å². The molecular formula is C11H14O3. The zero-order valence-corrected chi connectivity index (χ0v) is 8.18. The fourth-order valence-electron chi connectivity index (χ4n) is 0.853. The lowest BCUT2D eigenvalue weighted by molar-refractivity contribution is -0.251. The molecule has 0 N–H and O–H groups in total. The maximum Gasteiger partial charge on any atom is 0.128 e. The molecule has 0 saturated heterocycles. The molecule has 0 fully saturated rings. The summed E-state index contributed by atoms with van der Waals surface area (Å²) in [6.45, 7) is 2.73. The normalized spacial score (nSPS) is 10.4. The number of rotatable bonds is 6. The van der Waals surface area contributed by atoms with Crippen LogP contribution >= 0.6 is 0 Å². The van der Waals surface area contributed by atoms with Gasteiger partial charge in [-0.2, -0.15) is 4.89 Å². The first-order valence-electron chi connectivity index (χ1n) is 4.51. The zero-order chi connectivity index (χ0) is 10.1. The van der Waals surface area contributed by atoms with Gasteiger partial charge in [-0.15, -0.1) is 0 Å². The molecule has 76 valence electrons. The van der Waals surface area contributed by atoms with Crippen LogP contribution in [0.2, 0.25) is 0 Å². The highest BCUT2D eigenvalue weighted by Crippen LogP contribution is 2.07. The van der Waals surface area contributed by atoms with Crippen molar-refractivity contribution >= 4 is 0 Å². The number of para-hydroxylation sites is 1. The molecule has 0 aliphatic carbocycles. The Morgan fingerprint density at radius 1 is 1.14 bits per heavy atom. The maximum atomic E-state index is 5.36. The first-order chi connectivity index (χ1) is 6.93. The molecule has 0 bridgehead atoms. The van der Waals surface area contributed by atoms with E-state index in [1.165, 1.54) is 6.26 Å². The summed E-state index contributed by atoms with van der Waals surface area (Å²) in [6, 6.07) is 9.58. The summed E-state index contributed by atoms with van der Waals surface area (Å²) in [5, 5.41) is 0. The van der Waals surface area contributed by atoms with Crippen LogP contribution in [-0.2, 0) is 9.78 Å². The Balaban J connectivity index is 2.05. The van der Waals surface area contributed by atoms with Crippen molar-refractivity contribution in [2.75, 3.05) is 13.2 Å². The highest BCUT2D eigenvalue weighted by Gasteiger charge is 1.91. The first kappa shape index (κ1) is 10.6. The quantitative estimate of drug-likeness (QED) is 0.301. The summed E-state index contributed by atoms with van der Waals surface area (Å²) in [5.41, 5.74) is 0. The van der Waals surface area contributed by atoms with Gasteiger partial charge in [0.15, 0.2) is 0 Å². The van der Waals surface area contributed by atoms with Crippen molar-refractivity contribution < 1.29 is 14.5 Å². The number of benzene rings is 1. The fourth-order valence-corrected chi connectivity index (χ4v) is 0.853. The van der Waals surface area contributed by atoms with E-state index < -0.39 is 0 Å². The Hall–Kier alpha value is -1.48. The average Bonchev–Trinajstić information content (AvgIpc) is 2.25. The fraction of sp³-hybridized carbons (Fsp3) is 0.273. The molecule has 0 aromatic heterocycles. The SMILES string of the molecule is C/C=C\OOCCOc1ccccc1. The summed E-state index contributed by atoms with van der Waals surface area (Å²) >= 11 is 0. The molecule has 3 nitrogen and oxygen atoms in total. The van der Waals surface area contributed by atoms with Crippen LogP contribution in [0.4, 0.5) is 0 Å². The largest absolute Gasteiger partial charge is 0.491 e. The highest BCUT2D eigenvalue weighted by molar-refractivity contribution is 5.20. The van der Waals surface area contributed by atoms with Gasteiger partial charge in [-0.3, -0.25) is 0 Å². The molecule has 0 saturated carbocycles.